The van der Waals surface area contributed by atoms with E-state index >= 15 is 0 Å². The van der Waals surface area contributed by atoms with Crippen LogP contribution in [0.5, 0.6) is 0 Å². The van der Waals surface area contributed by atoms with E-state index in [0.29, 0.717) is 18.9 Å². The van der Waals surface area contributed by atoms with Gasteiger partial charge in [-0.2, -0.15) is 26.3 Å². The monoisotopic (exact) mass is 517 g/mol. The Morgan fingerprint density at radius 2 is 1.63 bits per heavy atom. The Kier molecular flexibility index (Phi) is 6.10. The summed E-state index contributed by atoms with van der Waals surface area (Å²) >= 11 is 0. The summed E-state index contributed by atoms with van der Waals surface area (Å²) in [4.78, 5) is 19.2. The molecule has 0 spiro atoms. The maximum absolute atomic E-state index is 14.3. The fourth-order valence-corrected chi connectivity index (χ4v) is 4.54. The summed E-state index contributed by atoms with van der Waals surface area (Å²) in [6, 6.07) is 1.58. The van der Waals surface area contributed by atoms with Crippen molar-refractivity contribution >= 4 is 17.1 Å². The van der Waals surface area contributed by atoms with Crippen LogP contribution in [0.1, 0.15) is 57.7 Å². The van der Waals surface area contributed by atoms with Crippen molar-refractivity contribution in [2.45, 2.75) is 50.0 Å². The summed E-state index contributed by atoms with van der Waals surface area (Å²) in [7, 11) is -1.90. The largest absolute Gasteiger partial charge is 0.433 e. The summed E-state index contributed by atoms with van der Waals surface area (Å²) in [6.45, 7) is 2.38. The average molecular weight is 517 g/mol. The van der Waals surface area contributed by atoms with Crippen LogP contribution in [-0.4, -0.2) is 31.9 Å². The molecule has 6 nitrogen and oxygen atoms in total. The molecule has 1 saturated carbocycles. The smallest absolute Gasteiger partial charge is 0.359 e. The van der Waals surface area contributed by atoms with Gasteiger partial charge in [0.15, 0.2) is 17.0 Å². The first kappa shape index (κ1) is 25.0. The quantitative estimate of drug-likeness (QED) is 0.310. The molecule has 1 unspecified atom stereocenters. The number of halogens is 6. The topological polar surface area (TPSA) is 86.0 Å². The molecule has 13 heteroatoms. The van der Waals surface area contributed by atoms with Gasteiger partial charge >= 0.3 is 12.4 Å². The van der Waals surface area contributed by atoms with Gasteiger partial charge in [0.1, 0.15) is 11.5 Å². The van der Waals surface area contributed by atoms with Gasteiger partial charge in [-0.25, -0.2) is 9.97 Å². The van der Waals surface area contributed by atoms with E-state index in [9.17, 15) is 35.3 Å². The molecule has 1 aliphatic rings. The number of alkyl halides is 6. The molecule has 0 saturated heterocycles. The van der Waals surface area contributed by atoms with Gasteiger partial charge in [-0.05, 0) is 32.8 Å². The fraction of sp³-hybridized carbons (Fsp3) is 0.364. The second-order valence-electron chi connectivity index (χ2n) is 8.11. The van der Waals surface area contributed by atoms with Crippen molar-refractivity contribution in [1.82, 2.24) is 15.1 Å². The molecule has 1 fully saturated rings. The lowest BCUT2D eigenvalue weighted by molar-refractivity contribution is -0.141. The highest BCUT2D eigenvalue weighted by molar-refractivity contribution is 7.84. The van der Waals surface area contributed by atoms with Gasteiger partial charge in [-0.15, -0.1) is 0 Å². The Labute approximate surface area is 197 Å². The maximum Gasteiger partial charge on any atom is 0.433 e. The fourth-order valence-electron chi connectivity index (χ4n) is 3.91. The predicted octanol–water partition coefficient (Wildman–Crippen LogP) is 5.88. The van der Waals surface area contributed by atoms with Gasteiger partial charge in [0.25, 0.3) is 0 Å². The number of aromatic nitrogens is 3. The number of pyridine rings is 2. The molecule has 0 amide bonds. The first-order valence-corrected chi connectivity index (χ1v) is 11.8. The normalized spacial score (nSPS) is 15.3. The van der Waals surface area contributed by atoms with E-state index in [4.69, 9.17) is 4.52 Å². The zero-order valence-corrected chi connectivity index (χ0v) is 19.3. The molecule has 186 valence electrons. The van der Waals surface area contributed by atoms with E-state index in [1.54, 1.807) is 0 Å². The number of aldehydes is 1. The summed E-state index contributed by atoms with van der Waals surface area (Å²) in [5, 5.41) is 3.46. The van der Waals surface area contributed by atoms with Crippen LogP contribution >= 0.6 is 0 Å². The van der Waals surface area contributed by atoms with E-state index in [2.05, 4.69) is 15.1 Å². The van der Waals surface area contributed by atoms with Crippen LogP contribution in [0.4, 0.5) is 26.3 Å². The van der Waals surface area contributed by atoms with Gasteiger partial charge in [0.2, 0.25) is 0 Å². The third-order valence-electron chi connectivity index (χ3n) is 5.61. The Bertz CT molecular complexity index is 1360. The van der Waals surface area contributed by atoms with Crippen LogP contribution in [0.15, 0.2) is 21.7 Å². The summed E-state index contributed by atoms with van der Waals surface area (Å²) < 4.78 is 100. The van der Waals surface area contributed by atoms with E-state index in [-0.39, 0.29) is 56.6 Å². The lowest BCUT2D eigenvalue weighted by Crippen LogP contribution is -2.16. The van der Waals surface area contributed by atoms with Crippen molar-refractivity contribution in [3.63, 3.8) is 0 Å². The van der Waals surface area contributed by atoms with Gasteiger partial charge in [0.05, 0.1) is 16.4 Å². The number of rotatable bonds is 5. The first-order chi connectivity index (χ1) is 16.3. The molecule has 1 atom stereocenters. The summed E-state index contributed by atoms with van der Waals surface area (Å²) in [6.07, 6.45) is -7.15. The maximum atomic E-state index is 14.3. The second kappa shape index (κ2) is 8.54. The Morgan fingerprint density at radius 1 is 0.971 bits per heavy atom. The molecule has 0 N–H and O–H groups in total. The average Bonchev–Trinajstić information content (AvgIpc) is 3.49. The highest BCUT2D eigenvalue weighted by atomic mass is 32.2. The number of carbonyl (C=O) groups is 1. The SMILES string of the molecule is Cc1nc(C(F)(F)F)ccc1-c1c(C=O)c(C)nc(C(F)(F)F)c1-c1c(S(C)=O)noc1C1CC1. The lowest BCUT2D eigenvalue weighted by Gasteiger charge is -2.21. The number of nitrogens with zero attached hydrogens (tertiary/aromatic N) is 3. The second-order valence-corrected chi connectivity index (χ2v) is 9.40. The number of hydrogen-bond acceptors (Lipinski definition) is 6. The van der Waals surface area contributed by atoms with Gasteiger partial charge in [-0.3, -0.25) is 9.00 Å². The molecular formula is C22H17F6N3O3S. The summed E-state index contributed by atoms with van der Waals surface area (Å²) in [5.41, 5.74) is -4.75. The molecule has 0 radical (unpaired) electrons. The van der Waals surface area contributed by atoms with E-state index < -0.39 is 40.1 Å². The minimum Gasteiger partial charge on any atom is -0.359 e. The Balaban J connectivity index is 2.19. The number of carbonyl (C=O) groups excluding carboxylic acids is 1. The number of hydrogen-bond donors (Lipinski definition) is 0. The zero-order chi connectivity index (χ0) is 25.9. The van der Waals surface area contributed by atoms with Crippen LogP contribution in [0.25, 0.3) is 22.3 Å². The molecule has 0 bridgehead atoms. The molecule has 0 aliphatic heterocycles. The molecular weight excluding hydrogens is 500 g/mol. The predicted molar refractivity (Wildman–Crippen MR) is 112 cm³/mol. The Morgan fingerprint density at radius 3 is 2.11 bits per heavy atom. The third-order valence-corrected chi connectivity index (χ3v) is 6.44. The van der Waals surface area contributed by atoms with E-state index in [0.717, 1.165) is 6.07 Å². The summed E-state index contributed by atoms with van der Waals surface area (Å²) in [5.74, 6) is -0.224. The number of aryl methyl sites for hydroxylation is 2. The molecule has 3 aromatic heterocycles. The van der Waals surface area contributed by atoms with Gasteiger partial charge < -0.3 is 4.52 Å². The molecule has 3 aromatic rings. The molecule has 0 aromatic carbocycles. The van der Waals surface area contributed by atoms with Crippen LogP contribution in [0.2, 0.25) is 0 Å². The highest BCUT2D eigenvalue weighted by Crippen LogP contribution is 2.52. The van der Waals surface area contributed by atoms with Crippen molar-refractivity contribution in [3.8, 4) is 22.3 Å². The van der Waals surface area contributed by atoms with Crippen LogP contribution in [0.3, 0.4) is 0 Å². The minimum atomic E-state index is -5.03. The van der Waals surface area contributed by atoms with Gasteiger partial charge in [0, 0.05) is 45.8 Å². The highest BCUT2D eigenvalue weighted by Gasteiger charge is 2.43. The van der Waals surface area contributed by atoms with Crippen molar-refractivity contribution in [2.75, 3.05) is 6.26 Å². The van der Waals surface area contributed by atoms with Crippen molar-refractivity contribution < 1.29 is 39.9 Å². The van der Waals surface area contributed by atoms with E-state index in [1.807, 2.05) is 0 Å². The van der Waals surface area contributed by atoms with Gasteiger partial charge in [-0.1, -0.05) is 11.2 Å². The zero-order valence-electron chi connectivity index (χ0n) is 18.5. The minimum absolute atomic E-state index is 0.0574. The standard InChI is InChI=1S/C22H17F6N3O3S/c1-9-12(6-7-14(29-9)21(23,24)25)15-13(8-32)10(2)30-19(22(26,27)28)16(15)17-18(11-4-5-11)34-31-20(17)35(3)33/h6-8,11H,4-5H2,1-3H3. The van der Waals surface area contributed by atoms with Crippen molar-refractivity contribution in [2.24, 2.45) is 0 Å². The molecule has 3 heterocycles. The van der Waals surface area contributed by atoms with Crippen LogP contribution < -0.4 is 0 Å². The third kappa shape index (κ3) is 4.48. The molecule has 1 aliphatic carbocycles. The lowest BCUT2D eigenvalue weighted by atomic mass is 9.87. The van der Waals surface area contributed by atoms with E-state index in [1.165, 1.54) is 20.1 Å². The Hall–Kier alpha value is -3.09. The first-order valence-electron chi connectivity index (χ1n) is 10.2. The molecule has 35 heavy (non-hydrogen) atoms. The van der Waals surface area contributed by atoms with Crippen molar-refractivity contribution in [1.29, 1.82) is 0 Å². The molecule has 4 rings (SSSR count). The van der Waals surface area contributed by atoms with Crippen molar-refractivity contribution in [3.05, 3.63) is 46.2 Å². The van der Waals surface area contributed by atoms with Crippen LogP contribution in [0, 0.1) is 13.8 Å². The van der Waals surface area contributed by atoms with Crippen LogP contribution in [-0.2, 0) is 23.2 Å².